The van der Waals surface area contributed by atoms with Crippen molar-refractivity contribution >= 4 is 34.8 Å². The van der Waals surface area contributed by atoms with Crippen molar-refractivity contribution in [3.05, 3.63) is 53.1 Å². The van der Waals surface area contributed by atoms with E-state index in [0.717, 1.165) is 4.90 Å². The van der Waals surface area contributed by atoms with E-state index in [4.69, 9.17) is 25.9 Å². The van der Waals surface area contributed by atoms with Gasteiger partial charge in [-0.2, -0.15) is 0 Å². The smallest absolute Gasteiger partial charge is 0.278 e. The summed E-state index contributed by atoms with van der Waals surface area (Å²) in [5, 5.41) is 4.52. The van der Waals surface area contributed by atoms with Gasteiger partial charge in [-0.05, 0) is 36.4 Å². The van der Waals surface area contributed by atoms with E-state index in [2.05, 4.69) is 5.16 Å². The topological polar surface area (TPSA) is 77.4 Å². The van der Waals surface area contributed by atoms with E-state index in [1.54, 1.807) is 42.5 Å². The molecule has 2 heterocycles. The average molecular weight is 387 g/mol. The monoisotopic (exact) mass is 386 g/mol. The summed E-state index contributed by atoms with van der Waals surface area (Å²) in [4.78, 5) is 32.2. The van der Waals surface area contributed by atoms with E-state index < -0.39 is 23.8 Å². The molecule has 0 aromatic heterocycles. The fourth-order valence-electron chi connectivity index (χ4n) is 3.33. The molecule has 0 bridgehead atoms. The summed E-state index contributed by atoms with van der Waals surface area (Å²) < 4.78 is 10.7. The number of hydrogen-bond donors (Lipinski definition) is 0. The molecular weight excluding hydrogens is 372 g/mol. The molecule has 0 unspecified atom stereocenters. The van der Waals surface area contributed by atoms with Gasteiger partial charge in [-0.15, -0.1) is 0 Å². The maximum atomic E-state index is 13.1. The molecule has 7 nitrogen and oxygen atoms in total. The Hall–Kier alpha value is -3.06. The van der Waals surface area contributed by atoms with E-state index in [0.29, 0.717) is 33.5 Å². The molecule has 8 heteroatoms. The number of rotatable bonds is 4. The van der Waals surface area contributed by atoms with Crippen molar-refractivity contribution in [1.29, 1.82) is 0 Å². The van der Waals surface area contributed by atoms with E-state index in [1.165, 1.54) is 14.2 Å². The third-order valence-electron chi connectivity index (χ3n) is 4.58. The minimum atomic E-state index is -1.00. The van der Waals surface area contributed by atoms with E-state index in [9.17, 15) is 9.59 Å². The number of fused-ring (bicyclic) bond motifs is 1. The number of hydrogen-bond acceptors (Lipinski definition) is 6. The number of anilines is 1. The zero-order valence-electron chi connectivity index (χ0n) is 14.5. The lowest BCUT2D eigenvalue weighted by atomic mass is 9.93. The highest BCUT2D eigenvalue weighted by Crippen LogP contribution is 2.39. The summed E-state index contributed by atoms with van der Waals surface area (Å²) in [5.74, 6) is -0.809. The van der Waals surface area contributed by atoms with Gasteiger partial charge in [-0.25, -0.2) is 4.90 Å². The molecule has 4 rings (SSSR count). The zero-order chi connectivity index (χ0) is 19.1. The molecule has 0 N–H and O–H groups in total. The molecule has 1 fully saturated rings. The molecule has 2 aliphatic heterocycles. The molecule has 1 saturated heterocycles. The second kappa shape index (κ2) is 6.59. The molecular formula is C19H15ClN2O5. The molecule has 2 aromatic carbocycles. The summed E-state index contributed by atoms with van der Waals surface area (Å²) in [5.41, 5.74) is 1.32. The Morgan fingerprint density at radius 3 is 2.44 bits per heavy atom. The minimum Gasteiger partial charge on any atom is -0.493 e. The molecule has 138 valence electrons. The van der Waals surface area contributed by atoms with Crippen LogP contribution in [-0.4, -0.2) is 37.8 Å². The Morgan fingerprint density at radius 2 is 1.78 bits per heavy atom. The van der Waals surface area contributed by atoms with Gasteiger partial charge >= 0.3 is 0 Å². The fraction of sp³-hybridized carbons (Fsp3) is 0.211. The number of ether oxygens (including phenoxy) is 2. The van der Waals surface area contributed by atoms with E-state index >= 15 is 0 Å². The van der Waals surface area contributed by atoms with Gasteiger partial charge in [0, 0.05) is 10.6 Å². The lowest BCUT2D eigenvalue weighted by Crippen LogP contribution is -2.33. The molecule has 0 saturated carbocycles. The number of imide groups is 1. The van der Waals surface area contributed by atoms with Crippen molar-refractivity contribution in [3.63, 3.8) is 0 Å². The van der Waals surface area contributed by atoms with Crippen LogP contribution in [0.2, 0.25) is 5.02 Å². The van der Waals surface area contributed by atoms with Gasteiger partial charge in [0.05, 0.1) is 19.9 Å². The number of carbonyl (C=O) groups excluding carboxylic acids is 2. The Balaban J connectivity index is 1.74. The first-order chi connectivity index (χ1) is 13.1. The Kier molecular flexibility index (Phi) is 4.24. The maximum Gasteiger partial charge on any atom is 0.278 e. The molecule has 0 spiro atoms. The van der Waals surface area contributed by atoms with Crippen molar-refractivity contribution in [3.8, 4) is 11.5 Å². The number of halogens is 1. The van der Waals surface area contributed by atoms with E-state index in [-0.39, 0.29) is 0 Å². The largest absolute Gasteiger partial charge is 0.493 e. The molecule has 2 amide bonds. The van der Waals surface area contributed by atoms with Crippen LogP contribution in [0.25, 0.3) is 0 Å². The van der Waals surface area contributed by atoms with Crippen LogP contribution in [-0.2, 0) is 14.4 Å². The van der Waals surface area contributed by atoms with Crippen LogP contribution < -0.4 is 14.4 Å². The van der Waals surface area contributed by atoms with Gasteiger partial charge in [0.1, 0.15) is 11.6 Å². The molecule has 0 aliphatic carbocycles. The SMILES string of the molecule is COc1cccc(C2=NO[C@H]3C(=O)N(c4ccc(Cl)cc4)C(=O)[C@@H]23)c1OC. The first kappa shape index (κ1) is 17.4. The highest BCUT2D eigenvalue weighted by Gasteiger charge is 2.56. The van der Waals surface area contributed by atoms with Gasteiger partial charge in [-0.1, -0.05) is 22.8 Å². The molecule has 2 aromatic rings. The van der Waals surface area contributed by atoms with Gasteiger partial charge in [0.25, 0.3) is 5.91 Å². The van der Waals surface area contributed by atoms with Crippen molar-refractivity contribution in [1.82, 2.24) is 0 Å². The molecule has 27 heavy (non-hydrogen) atoms. The number of oxime groups is 1. The Labute approximate surface area is 160 Å². The molecule has 2 atom stereocenters. The summed E-state index contributed by atoms with van der Waals surface area (Å²) in [6.07, 6.45) is -1.00. The van der Waals surface area contributed by atoms with Crippen molar-refractivity contribution in [2.24, 2.45) is 11.1 Å². The fourth-order valence-corrected chi connectivity index (χ4v) is 3.46. The third kappa shape index (κ3) is 2.62. The van der Waals surface area contributed by atoms with Gasteiger partial charge in [-0.3, -0.25) is 9.59 Å². The summed E-state index contributed by atoms with van der Waals surface area (Å²) in [6, 6.07) is 11.7. The number of para-hydroxylation sites is 1. The lowest BCUT2D eigenvalue weighted by Gasteiger charge is -2.16. The second-order valence-corrected chi connectivity index (χ2v) is 6.45. The van der Waals surface area contributed by atoms with Crippen molar-refractivity contribution < 1.29 is 23.9 Å². The van der Waals surface area contributed by atoms with Gasteiger partial charge in [0.15, 0.2) is 11.5 Å². The standard InChI is InChI=1S/C19H15ClN2O5/c1-25-13-5-3-4-12(16(13)26-2)15-14-17(27-21-15)19(24)22(18(14)23)11-8-6-10(20)7-9-11/h3-9,14,17H,1-2H3/t14-,17+/m0/s1. The van der Waals surface area contributed by atoms with Crippen LogP contribution in [0.3, 0.4) is 0 Å². The Morgan fingerprint density at radius 1 is 1.04 bits per heavy atom. The number of amides is 2. The van der Waals surface area contributed by atoms with Crippen molar-refractivity contribution in [2.45, 2.75) is 6.10 Å². The number of carbonyl (C=O) groups is 2. The van der Waals surface area contributed by atoms with Crippen molar-refractivity contribution in [2.75, 3.05) is 19.1 Å². The number of nitrogens with zero attached hydrogens (tertiary/aromatic N) is 2. The second-order valence-electron chi connectivity index (χ2n) is 6.01. The van der Waals surface area contributed by atoms with Crippen LogP contribution >= 0.6 is 11.6 Å². The van der Waals surface area contributed by atoms with Crippen LogP contribution in [0.15, 0.2) is 47.6 Å². The summed E-state index contributed by atoms with van der Waals surface area (Å²) >= 11 is 5.89. The zero-order valence-corrected chi connectivity index (χ0v) is 15.3. The van der Waals surface area contributed by atoms with Crippen LogP contribution in [0, 0.1) is 5.92 Å². The maximum absolute atomic E-state index is 13.1. The van der Waals surface area contributed by atoms with Gasteiger partial charge in [0.2, 0.25) is 12.0 Å². The van der Waals surface area contributed by atoms with Crippen LogP contribution in [0.1, 0.15) is 5.56 Å². The molecule has 2 aliphatic rings. The predicted octanol–water partition coefficient (Wildman–Crippen LogP) is 2.65. The third-order valence-corrected chi connectivity index (χ3v) is 4.83. The van der Waals surface area contributed by atoms with E-state index in [1.807, 2.05) is 0 Å². The lowest BCUT2D eigenvalue weighted by molar-refractivity contribution is -0.126. The van der Waals surface area contributed by atoms with Crippen LogP contribution in [0.4, 0.5) is 5.69 Å². The van der Waals surface area contributed by atoms with Crippen LogP contribution in [0.5, 0.6) is 11.5 Å². The first-order valence-electron chi connectivity index (χ1n) is 8.15. The highest BCUT2D eigenvalue weighted by molar-refractivity contribution is 6.33. The number of benzene rings is 2. The van der Waals surface area contributed by atoms with Gasteiger partial charge < -0.3 is 14.3 Å². The predicted molar refractivity (Wildman–Crippen MR) is 98.4 cm³/mol. The quantitative estimate of drug-likeness (QED) is 0.755. The normalized spacial score (nSPS) is 21.0. The first-order valence-corrected chi connectivity index (χ1v) is 8.53. The number of methoxy groups -OCH3 is 2. The minimum absolute atomic E-state index is 0.338. The summed E-state index contributed by atoms with van der Waals surface area (Å²) in [6.45, 7) is 0. The summed E-state index contributed by atoms with van der Waals surface area (Å²) in [7, 11) is 3.01. The average Bonchev–Trinajstić information content (AvgIpc) is 3.22. The molecule has 0 radical (unpaired) electrons. The Bertz CT molecular complexity index is 957. The highest BCUT2D eigenvalue weighted by atomic mass is 35.5.